The van der Waals surface area contributed by atoms with Crippen LogP contribution in [0.25, 0.3) is 0 Å². The van der Waals surface area contributed by atoms with E-state index in [1.807, 2.05) is 26.0 Å². The molecule has 2 N–H and O–H groups in total. The largest absolute Gasteiger partial charge is 0.493 e. The van der Waals surface area contributed by atoms with Gasteiger partial charge in [-0.3, -0.25) is 9.59 Å². The van der Waals surface area contributed by atoms with Gasteiger partial charge in [-0.2, -0.15) is 0 Å². The molecule has 1 aliphatic rings. The summed E-state index contributed by atoms with van der Waals surface area (Å²) in [7, 11) is 0. The fourth-order valence-electron chi connectivity index (χ4n) is 4.78. The van der Waals surface area contributed by atoms with Crippen molar-refractivity contribution in [2.24, 2.45) is 5.92 Å². The quantitative estimate of drug-likeness (QED) is 0.281. The number of hydrogen-bond donors (Lipinski definition) is 2. The Hall–Kier alpha value is -3.54. The van der Waals surface area contributed by atoms with Gasteiger partial charge in [-0.1, -0.05) is 43.7 Å². The maximum absolute atomic E-state index is 13.1. The Morgan fingerprint density at radius 1 is 1.03 bits per heavy atom. The first-order valence-electron chi connectivity index (χ1n) is 13.6. The second-order valence-electron chi connectivity index (χ2n) is 10.5. The van der Waals surface area contributed by atoms with Crippen LogP contribution in [0.1, 0.15) is 80.8 Å². The first-order valence-corrected chi connectivity index (χ1v) is 13.6. The standard InChI is InChI=1S/C32H41NO5/c1-21(2)18-25-10-8-11-26(16-15-25)24(5)38-27-19-22(3)31(23(4)20-27)33-32(36)28-12-6-7-13-29(28)37-17-9-14-30(34)35/h6-7,12-13,15-16,19-21,24H,8-11,14,17-18H2,1-5H3,(H,33,36)(H,34,35). The van der Waals surface area contributed by atoms with Crippen molar-refractivity contribution in [1.82, 2.24) is 0 Å². The van der Waals surface area contributed by atoms with E-state index in [0.717, 1.165) is 48.2 Å². The highest BCUT2D eigenvalue weighted by molar-refractivity contribution is 6.07. The average molecular weight is 520 g/mol. The smallest absolute Gasteiger partial charge is 0.303 e. The zero-order valence-corrected chi connectivity index (χ0v) is 23.3. The normalized spacial score (nSPS) is 14.3. The van der Waals surface area contributed by atoms with Gasteiger partial charge >= 0.3 is 5.97 Å². The van der Waals surface area contributed by atoms with E-state index in [9.17, 15) is 9.59 Å². The van der Waals surface area contributed by atoms with Crippen molar-refractivity contribution in [2.45, 2.75) is 79.2 Å². The number of carbonyl (C=O) groups is 2. The minimum absolute atomic E-state index is 0.0208. The number of benzene rings is 2. The van der Waals surface area contributed by atoms with Crippen LogP contribution >= 0.6 is 0 Å². The van der Waals surface area contributed by atoms with Gasteiger partial charge in [0.05, 0.1) is 12.2 Å². The molecule has 1 unspecified atom stereocenters. The Labute approximate surface area is 226 Å². The maximum Gasteiger partial charge on any atom is 0.303 e. The van der Waals surface area contributed by atoms with Crippen LogP contribution in [0, 0.1) is 19.8 Å². The van der Waals surface area contributed by atoms with Gasteiger partial charge in [0.15, 0.2) is 0 Å². The molecular weight excluding hydrogens is 478 g/mol. The number of anilines is 1. The van der Waals surface area contributed by atoms with E-state index < -0.39 is 5.97 Å². The van der Waals surface area contributed by atoms with Crippen LogP contribution in [0.2, 0.25) is 0 Å². The number of aliphatic carboxylic acids is 1. The molecule has 2 aromatic rings. The Morgan fingerprint density at radius 2 is 1.74 bits per heavy atom. The van der Waals surface area contributed by atoms with Crippen LogP contribution in [0.15, 0.2) is 59.7 Å². The minimum Gasteiger partial charge on any atom is -0.493 e. The monoisotopic (exact) mass is 519 g/mol. The number of carboxylic acids is 1. The molecule has 0 aromatic heterocycles. The summed E-state index contributed by atoms with van der Waals surface area (Å²) in [6.45, 7) is 10.8. The molecule has 0 radical (unpaired) electrons. The summed E-state index contributed by atoms with van der Waals surface area (Å²) in [5.41, 5.74) is 5.78. The summed E-state index contributed by atoms with van der Waals surface area (Å²) in [5, 5.41) is 11.8. The second-order valence-corrected chi connectivity index (χ2v) is 10.5. The van der Waals surface area contributed by atoms with Crippen molar-refractivity contribution < 1.29 is 24.2 Å². The van der Waals surface area contributed by atoms with Gasteiger partial charge in [0.25, 0.3) is 5.91 Å². The topological polar surface area (TPSA) is 84.9 Å². The third kappa shape index (κ3) is 8.51. The lowest BCUT2D eigenvalue weighted by Gasteiger charge is -2.20. The highest BCUT2D eigenvalue weighted by Crippen LogP contribution is 2.31. The van der Waals surface area contributed by atoms with E-state index in [1.54, 1.807) is 24.3 Å². The molecule has 0 saturated heterocycles. The summed E-state index contributed by atoms with van der Waals surface area (Å²) in [6, 6.07) is 10.9. The van der Waals surface area contributed by atoms with Gasteiger partial charge in [-0.25, -0.2) is 0 Å². The number of aryl methyl sites for hydroxylation is 2. The fourth-order valence-corrected chi connectivity index (χ4v) is 4.78. The second kappa shape index (κ2) is 13.8. The summed E-state index contributed by atoms with van der Waals surface area (Å²) in [6.07, 6.45) is 9.35. The van der Waals surface area contributed by atoms with Crippen molar-refractivity contribution in [3.05, 3.63) is 76.4 Å². The van der Waals surface area contributed by atoms with E-state index in [0.29, 0.717) is 23.7 Å². The molecule has 0 bridgehead atoms. The molecule has 3 rings (SSSR count). The zero-order chi connectivity index (χ0) is 27.7. The SMILES string of the molecule is Cc1cc(OC(C)C2=CC=C(CC(C)C)CCC2)cc(C)c1NC(=O)c1ccccc1OCCCC(=O)O. The van der Waals surface area contributed by atoms with Crippen molar-refractivity contribution >= 4 is 17.6 Å². The molecule has 0 saturated carbocycles. The van der Waals surface area contributed by atoms with Gasteiger partial charge in [0.1, 0.15) is 17.6 Å². The number of rotatable bonds is 12. The van der Waals surface area contributed by atoms with Crippen LogP contribution in [0.3, 0.4) is 0 Å². The summed E-state index contributed by atoms with van der Waals surface area (Å²) < 4.78 is 12.1. The Morgan fingerprint density at radius 3 is 2.42 bits per heavy atom. The van der Waals surface area contributed by atoms with E-state index in [4.69, 9.17) is 14.6 Å². The molecule has 0 fully saturated rings. The molecule has 204 valence electrons. The van der Waals surface area contributed by atoms with E-state index in [1.165, 1.54) is 11.1 Å². The van der Waals surface area contributed by atoms with Gasteiger partial charge in [0.2, 0.25) is 0 Å². The Bertz CT molecular complexity index is 1170. The first kappa shape index (κ1) is 29.0. The van der Waals surface area contributed by atoms with Gasteiger partial charge in [-0.05, 0) is 99.8 Å². The average Bonchev–Trinajstić information content (AvgIpc) is 3.09. The number of para-hydroxylation sites is 1. The number of allylic oxidation sites excluding steroid dienone is 3. The molecule has 0 heterocycles. The van der Waals surface area contributed by atoms with E-state index >= 15 is 0 Å². The van der Waals surface area contributed by atoms with Gasteiger partial charge in [0, 0.05) is 12.1 Å². The van der Waals surface area contributed by atoms with Crippen LogP contribution in [-0.4, -0.2) is 29.7 Å². The molecule has 0 spiro atoms. The molecule has 38 heavy (non-hydrogen) atoms. The van der Waals surface area contributed by atoms with Gasteiger partial charge < -0.3 is 19.9 Å². The number of ether oxygens (including phenoxy) is 2. The van der Waals surface area contributed by atoms with Crippen molar-refractivity contribution in [3.8, 4) is 11.5 Å². The first-order chi connectivity index (χ1) is 18.1. The van der Waals surface area contributed by atoms with Crippen LogP contribution in [0.4, 0.5) is 5.69 Å². The highest BCUT2D eigenvalue weighted by atomic mass is 16.5. The lowest BCUT2D eigenvalue weighted by molar-refractivity contribution is -0.137. The number of carbonyl (C=O) groups excluding carboxylic acids is 1. The summed E-state index contributed by atoms with van der Waals surface area (Å²) in [4.78, 5) is 23.9. The van der Waals surface area contributed by atoms with Crippen LogP contribution < -0.4 is 14.8 Å². The number of amides is 1. The molecule has 1 amide bonds. The molecule has 2 aromatic carbocycles. The van der Waals surface area contributed by atoms with Crippen LogP contribution in [0.5, 0.6) is 11.5 Å². The number of hydrogen-bond acceptors (Lipinski definition) is 4. The molecule has 1 atom stereocenters. The van der Waals surface area contributed by atoms with Crippen molar-refractivity contribution in [2.75, 3.05) is 11.9 Å². The lowest BCUT2D eigenvalue weighted by atomic mass is 9.99. The third-order valence-electron chi connectivity index (χ3n) is 6.67. The Balaban J connectivity index is 1.68. The highest BCUT2D eigenvalue weighted by Gasteiger charge is 2.18. The maximum atomic E-state index is 13.1. The van der Waals surface area contributed by atoms with Crippen molar-refractivity contribution in [3.63, 3.8) is 0 Å². The lowest BCUT2D eigenvalue weighted by Crippen LogP contribution is -2.17. The predicted octanol–water partition coefficient (Wildman–Crippen LogP) is 7.65. The molecule has 1 aliphatic carbocycles. The van der Waals surface area contributed by atoms with E-state index in [2.05, 4.69) is 38.2 Å². The molecular formula is C32H41NO5. The molecule has 6 nitrogen and oxygen atoms in total. The van der Waals surface area contributed by atoms with E-state index in [-0.39, 0.29) is 25.0 Å². The minimum atomic E-state index is -0.869. The number of carboxylic acid groups (broad SMARTS) is 1. The van der Waals surface area contributed by atoms with Crippen LogP contribution in [-0.2, 0) is 4.79 Å². The third-order valence-corrected chi connectivity index (χ3v) is 6.67. The molecule has 6 heteroatoms. The number of nitrogens with one attached hydrogen (secondary N) is 1. The summed E-state index contributed by atoms with van der Waals surface area (Å²) in [5.74, 6) is 0.733. The van der Waals surface area contributed by atoms with Crippen molar-refractivity contribution in [1.29, 1.82) is 0 Å². The van der Waals surface area contributed by atoms with Gasteiger partial charge in [-0.15, -0.1) is 0 Å². The zero-order valence-electron chi connectivity index (χ0n) is 23.3. The predicted molar refractivity (Wildman–Crippen MR) is 152 cm³/mol. The Kier molecular flexibility index (Phi) is 10.6. The summed E-state index contributed by atoms with van der Waals surface area (Å²) >= 11 is 0. The fraction of sp³-hybridized carbons (Fsp3) is 0.438. The molecule has 0 aliphatic heterocycles.